The van der Waals surface area contributed by atoms with Crippen molar-refractivity contribution in [2.24, 2.45) is 0 Å². The summed E-state index contributed by atoms with van der Waals surface area (Å²) >= 11 is 0. The molecule has 1 saturated heterocycles. The Balaban J connectivity index is 1.45. The number of hydrogen-bond donors (Lipinski definition) is 1. The minimum atomic E-state index is -0.00765. The van der Waals surface area contributed by atoms with E-state index in [0.29, 0.717) is 25.1 Å². The number of fused-ring (bicyclic) bond motifs is 1. The fourth-order valence-corrected chi connectivity index (χ4v) is 3.77. The lowest BCUT2D eigenvalue weighted by atomic mass is 10.1. The molecule has 5 heteroatoms. The summed E-state index contributed by atoms with van der Waals surface area (Å²) in [7, 11) is 0. The van der Waals surface area contributed by atoms with Gasteiger partial charge in [0, 0.05) is 43.1 Å². The molecule has 1 N–H and O–H groups in total. The summed E-state index contributed by atoms with van der Waals surface area (Å²) < 4.78 is 0. The zero-order chi connectivity index (χ0) is 18.3. The smallest absolute Gasteiger partial charge is 0.253 e. The minimum Gasteiger partial charge on any atom is -0.368 e. The van der Waals surface area contributed by atoms with Crippen molar-refractivity contribution in [1.82, 2.24) is 4.90 Å². The normalized spacial score (nSPS) is 16.5. The van der Waals surface area contributed by atoms with Crippen LogP contribution in [0.25, 0.3) is 0 Å². The Morgan fingerprint density at radius 2 is 1.81 bits per heavy atom. The third-order valence-corrected chi connectivity index (χ3v) is 5.46. The van der Waals surface area contributed by atoms with Crippen LogP contribution < -0.4 is 10.2 Å². The van der Waals surface area contributed by atoms with Gasteiger partial charge in [0.05, 0.1) is 6.42 Å². The lowest BCUT2D eigenvalue weighted by molar-refractivity contribution is -0.115. The van der Waals surface area contributed by atoms with E-state index in [9.17, 15) is 9.59 Å². The van der Waals surface area contributed by atoms with Crippen molar-refractivity contribution in [3.8, 4) is 0 Å². The molecule has 4 rings (SSSR count). The summed E-state index contributed by atoms with van der Waals surface area (Å²) in [5.41, 5.74) is 6.27. The maximum absolute atomic E-state index is 12.8. The largest absolute Gasteiger partial charge is 0.368 e. The predicted molar refractivity (Wildman–Crippen MR) is 103 cm³/mol. The quantitative estimate of drug-likeness (QED) is 0.907. The van der Waals surface area contributed by atoms with Crippen LogP contribution in [-0.2, 0) is 11.2 Å². The van der Waals surface area contributed by atoms with Crippen LogP contribution in [0.2, 0.25) is 0 Å². The molecule has 0 atom stereocenters. The van der Waals surface area contributed by atoms with Gasteiger partial charge in [0.2, 0.25) is 5.91 Å². The summed E-state index contributed by atoms with van der Waals surface area (Å²) in [5, 5.41) is 2.81. The molecular weight excluding hydrogens is 326 g/mol. The molecule has 0 aliphatic carbocycles. The molecule has 2 aliphatic rings. The first kappa shape index (κ1) is 16.6. The van der Waals surface area contributed by atoms with Crippen molar-refractivity contribution >= 4 is 23.2 Å². The van der Waals surface area contributed by atoms with Crippen molar-refractivity contribution in [1.29, 1.82) is 0 Å². The van der Waals surface area contributed by atoms with E-state index in [1.54, 1.807) is 0 Å². The molecule has 0 spiro atoms. The van der Waals surface area contributed by atoms with Crippen molar-refractivity contribution in [3.63, 3.8) is 0 Å². The van der Waals surface area contributed by atoms with E-state index in [4.69, 9.17) is 0 Å². The highest BCUT2D eigenvalue weighted by molar-refractivity contribution is 6.01. The number of amides is 2. The van der Waals surface area contributed by atoms with Gasteiger partial charge in [-0.15, -0.1) is 0 Å². The fourth-order valence-electron chi connectivity index (χ4n) is 3.77. The van der Waals surface area contributed by atoms with E-state index < -0.39 is 0 Å². The summed E-state index contributed by atoms with van der Waals surface area (Å²) in [5.74, 6) is 0.0412. The summed E-state index contributed by atoms with van der Waals surface area (Å²) in [6.07, 6.45) is 0.358. The second kappa shape index (κ2) is 6.48. The molecule has 0 aromatic heterocycles. The van der Waals surface area contributed by atoms with E-state index in [1.807, 2.05) is 23.1 Å². The van der Waals surface area contributed by atoms with Crippen LogP contribution in [0.3, 0.4) is 0 Å². The third kappa shape index (κ3) is 2.94. The second-order valence-electron chi connectivity index (χ2n) is 7.10. The van der Waals surface area contributed by atoms with Crippen LogP contribution in [0, 0.1) is 13.8 Å². The highest BCUT2D eigenvalue weighted by atomic mass is 16.2. The van der Waals surface area contributed by atoms with Gasteiger partial charge in [0.25, 0.3) is 5.91 Å². The van der Waals surface area contributed by atoms with Gasteiger partial charge < -0.3 is 15.1 Å². The average molecular weight is 349 g/mol. The molecule has 0 saturated carbocycles. The van der Waals surface area contributed by atoms with Gasteiger partial charge in [0.1, 0.15) is 0 Å². The van der Waals surface area contributed by atoms with Gasteiger partial charge in [-0.1, -0.05) is 12.1 Å². The Bertz CT molecular complexity index is 883. The SMILES string of the molecule is Cc1cccc(N2CCN(C(=O)c3ccc4c(c3)CC(=O)N4)CC2)c1C. The lowest BCUT2D eigenvalue weighted by Crippen LogP contribution is -2.49. The number of nitrogens with one attached hydrogen (secondary N) is 1. The molecular formula is C21H23N3O2. The van der Waals surface area contributed by atoms with Gasteiger partial charge in [-0.3, -0.25) is 9.59 Å². The number of hydrogen-bond acceptors (Lipinski definition) is 3. The highest BCUT2D eigenvalue weighted by Gasteiger charge is 2.25. The Labute approximate surface area is 153 Å². The van der Waals surface area contributed by atoms with Crippen LogP contribution in [0.15, 0.2) is 36.4 Å². The first-order valence-electron chi connectivity index (χ1n) is 9.06. The molecule has 2 aromatic carbocycles. The fraction of sp³-hybridized carbons (Fsp3) is 0.333. The molecule has 2 aliphatic heterocycles. The van der Waals surface area contributed by atoms with Gasteiger partial charge in [0.15, 0.2) is 0 Å². The monoisotopic (exact) mass is 349 g/mol. The van der Waals surface area contributed by atoms with Gasteiger partial charge in [-0.05, 0) is 54.8 Å². The van der Waals surface area contributed by atoms with E-state index in [-0.39, 0.29) is 11.8 Å². The maximum atomic E-state index is 12.8. The number of aryl methyl sites for hydroxylation is 1. The van der Waals surface area contributed by atoms with Crippen molar-refractivity contribution in [3.05, 3.63) is 58.7 Å². The number of piperazine rings is 1. The molecule has 0 radical (unpaired) electrons. The number of benzene rings is 2. The van der Waals surface area contributed by atoms with Crippen LogP contribution in [0.5, 0.6) is 0 Å². The van der Waals surface area contributed by atoms with Gasteiger partial charge in [-0.25, -0.2) is 0 Å². The molecule has 2 amide bonds. The van der Waals surface area contributed by atoms with Gasteiger partial charge >= 0.3 is 0 Å². The molecule has 26 heavy (non-hydrogen) atoms. The van der Waals surface area contributed by atoms with E-state index in [2.05, 4.69) is 42.3 Å². The molecule has 134 valence electrons. The van der Waals surface area contributed by atoms with E-state index in [1.165, 1.54) is 16.8 Å². The summed E-state index contributed by atoms with van der Waals surface area (Å²) in [4.78, 5) is 28.6. The Hall–Kier alpha value is -2.82. The summed E-state index contributed by atoms with van der Waals surface area (Å²) in [6, 6.07) is 11.9. The minimum absolute atomic E-state index is 0.00765. The first-order chi connectivity index (χ1) is 12.5. The van der Waals surface area contributed by atoms with Crippen molar-refractivity contribution in [2.75, 3.05) is 36.4 Å². The van der Waals surface area contributed by atoms with E-state index >= 15 is 0 Å². The zero-order valence-electron chi connectivity index (χ0n) is 15.2. The Morgan fingerprint density at radius 3 is 2.58 bits per heavy atom. The molecule has 5 nitrogen and oxygen atoms in total. The Morgan fingerprint density at radius 1 is 1.04 bits per heavy atom. The van der Waals surface area contributed by atoms with Gasteiger partial charge in [-0.2, -0.15) is 0 Å². The lowest BCUT2D eigenvalue weighted by Gasteiger charge is -2.37. The topological polar surface area (TPSA) is 52.7 Å². The standard InChI is InChI=1S/C21H23N3O2/c1-14-4-3-5-19(15(14)2)23-8-10-24(11-9-23)21(26)16-6-7-18-17(12-16)13-20(25)22-18/h3-7,12H,8-11,13H2,1-2H3,(H,22,25). The average Bonchev–Trinajstić information content (AvgIpc) is 3.03. The third-order valence-electron chi connectivity index (χ3n) is 5.46. The molecule has 0 unspecified atom stereocenters. The zero-order valence-corrected chi connectivity index (χ0v) is 15.2. The van der Waals surface area contributed by atoms with Crippen LogP contribution in [0.1, 0.15) is 27.0 Å². The second-order valence-corrected chi connectivity index (χ2v) is 7.10. The summed E-state index contributed by atoms with van der Waals surface area (Å²) in [6.45, 7) is 7.37. The van der Waals surface area contributed by atoms with Crippen molar-refractivity contribution < 1.29 is 9.59 Å². The number of anilines is 2. The highest BCUT2D eigenvalue weighted by Crippen LogP contribution is 2.26. The van der Waals surface area contributed by atoms with E-state index in [0.717, 1.165) is 24.3 Å². The molecule has 0 bridgehead atoms. The van der Waals surface area contributed by atoms with Crippen LogP contribution in [0.4, 0.5) is 11.4 Å². The number of carbonyl (C=O) groups excluding carboxylic acids is 2. The van der Waals surface area contributed by atoms with Crippen LogP contribution >= 0.6 is 0 Å². The maximum Gasteiger partial charge on any atom is 0.253 e. The number of carbonyl (C=O) groups is 2. The first-order valence-corrected chi connectivity index (χ1v) is 9.06. The van der Waals surface area contributed by atoms with Crippen molar-refractivity contribution in [2.45, 2.75) is 20.3 Å². The van der Waals surface area contributed by atoms with Crippen LogP contribution in [-0.4, -0.2) is 42.9 Å². The molecule has 2 aromatic rings. The number of rotatable bonds is 2. The molecule has 1 fully saturated rings. The Kier molecular flexibility index (Phi) is 4.15. The number of nitrogens with zero attached hydrogens (tertiary/aromatic N) is 2. The predicted octanol–water partition coefficient (Wildman–Crippen LogP) is 2.76. The molecule has 2 heterocycles.